The second-order valence-corrected chi connectivity index (χ2v) is 4.79. The van der Waals surface area contributed by atoms with Gasteiger partial charge in [0.1, 0.15) is 12.0 Å². The van der Waals surface area contributed by atoms with Gasteiger partial charge in [0.15, 0.2) is 0 Å². The van der Waals surface area contributed by atoms with E-state index < -0.39 is 4.92 Å². The lowest BCUT2D eigenvalue weighted by Crippen LogP contribution is -2.40. The Kier molecular flexibility index (Phi) is 4.68. The average Bonchev–Trinajstić information content (AvgIpc) is 2.47. The normalized spacial score (nSPS) is 18.9. The summed E-state index contributed by atoms with van der Waals surface area (Å²) in [6.07, 6.45) is 2.65. The van der Waals surface area contributed by atoms with E-state index >= 15 is 0 Å². The molecule has 0 N–H and O–H groups in total. The minimum atomic E-state index is -0.438. The van der Waals surface area contributed by atoms with Crippen molar-refractivity contribution in [1.82, 2.24) is 0 Å². The van der Waals surface area contributed by atoms with Gasteiger partial charge in [-0.2, -0.15) is 0 Å². The number of nitro groups is 1. The summed E-state index contributed by atoms with van der Waals surface area (Å²) in [6.45, 7) is 4.00. The molecule has 0 radical (unpaired) electrons. The molecule has 6 nitrogen and oxygen atoms in total. The molecule has 20 heavy (non-hydrogen) atoms. The number of nitro benzene ring substituents is 1. The number of hydrogen-bond acceptors (Lipinski definition) is 5. The van der Waals surface area contributed by atoms with Crippen LogP contribution in [0.2, 0.25) is 0 Å². The lowest BCUT2D eigenvalue weighted by atomic mass is 10.1. The zero-order valence-electron chi connectivity index (χ0n) is 11.4. The van der Waals surface area contributed by atoms with Crippen LogP contribution < -0.4 is 4.90 Å². The molecular formula is C14H18N2O4. The Morgan fingerprint density at radius 3 is 3.00 bits per heavy atom. The summed E-state index contributed by atoms with van der Waals surface area (Å²) in [5.74, 6) is 0. The predicted octanol–water partition coefficient (Wildman–Crippen LogP) is 2.41. The van der Waals surface area contributed by atoms with Gasteiger partial charge >= 0.3 is 0 Å². The summed E-state index contributed by atoms with van der Waals surface area (Å²) < 4.78 is 5.61. The highest BCUT2D eigenvalue weighted by molar-refractivity contribution is 5.79. The third-order valence-electron chi connectivity index (χ3n) is 3.45. The van der Waals surface area contributed by atoms with Crippen molar-refractivity contribution in [2.24, 2.45) is 0 Å². The highest BCUT2D eigenvalue weighted by atomic mass is 16.6. The number of rotatable bonds is 5. The Bertz CT molecular complexity index is 502. The number of hydrogen-bond donors (Lipinski definition) is 0. The van der Waals surface area contributed by atoms with Gasteiger partial charge in [-0.25, -0.2) is 0 Å². The van der Waals surface area contributed by atoms with Crippen LogP contribution in [0.4, 0.5) is 11.4 Å². The van der Waals surface area contributed by atoms with Gasteiger partial charge in [0.25, 0.3) is 5.69 Å². The van der Waals surface area contributed by atoms with Gasteiger partial charge in [-0.3, -0.25) is 14.9 Å². The number of carbonyl (C=O) groups is 1. The van der Waals surface area contributed by atoms with Gasteiger partial charge in [-0.1, -0.05) is 0 Å². The van der Waals surface area contributed by atoms with Crippen LogP contribution in [0.3, 0.4) is 0 Å². The molecule has 0 spiro atoms. The highest BCUT2D eigenvalue weighted by Gasteiger charge is 2.25. The molecule has 0 amide bonds. The fourth-order valence-corrected chi connectivity index (χ4v) is 2.56. The predicted molar refractivity (Wildman–Crippen MR) is 75.3 cm³/mol. The molecule has 1 atom stereocenters. The average molecular weight is 278 g/mol. The first kappa shape index (κ1) is 14.5. The fourth-order valence-electron chi connectivity index (χ4n) is 2.56. The van der Waals surface area contributed by atoms with E-state index in [1.165, 1.54) is 6.07 Å². The molecule has 0 saturated carbocycles. The van der Waals surface area contributed by atoms with E-state index in [9.17, 15) is 14.9 Å². The van der Waals surface area contributed by atoms with E-state index in [1.54, 1.807) is 12.1 Å². The van der Waals surface area contributed by atoms with Crippen molar-refractivity contribution < 1.29 is 14.5 Å². The fraction of sp³-hybridized carbons (Fsp3) is 0.500. The lowest BCUT2D eigenvalue weighted by molar-refractivity contribution is -0.384. The van der Waals surface area contributed by atoms with E-state index in [0.29, 0.717) is 30.7 Å². The van der Waals surface area contributed by atoms with Gasteiger partial charge in [-0.05, 0) is 31.9 Å². The highest BCUT2D eigenvalue weighted by Crippen LogP contribution is 2.31. The topological polar surface area (TPSA) is 72.7 Å². The molecule has 2 rings (SSSR count). The van der Waals surface area contributed by atoms with E-state index in [0.717, 1.165) is 19.4 Å². The maximum Gasteiger partial charge on any atom is 0.293 e. The van der Waals surface area contributed by atoms with Crippen LogP contribution >= 0.6 is 0 Å². The molecule has 1 aromatic rings. The molecule has 1 aliphatic heterocycles. The molecule has 0 aliphatic carbocycles. The second kappa shape index (κ2) is 6.47. The van der Waals surface area contributed by atoms with Crippen molar-refractivity contribution in [2.45, 2.75) is 25.9 Å². The number of piperidine rings is 1. The number of carbonyl (C=O) groups excluding carboxylic acids is 1. The SMILES string of the molecule is CCOC1CCCN(c2ccc(C=O)cc2[N+](=O)[O-])C1. The molecule has 1 aromatic carbocycles. The van der Waals surface area contributed by atoms with E-state index in [2.05, 4.69) is 0 Å². The summed E-state index contributed by atoms with van der Waals surface area (Å²) in [7, 11) is 0. The molecule has 1 unspecified atom stereocenters. The third kappa shape index (κ3) is 3.14. The molecule has 6 heteroatoms. The van der Waals surface area contributed by atoms with Crippen LogP contribution in [0.15, 0.2) is 18.2 Å². The molecule has 1 fully saturated rings. The van der Waals surface area contributed by atoms with Gasteiger partial charge in [0.05, 0.1) is 11.0 Å². The van der Waals surface area contributed by atoms with Crippen LogP contribution in [-0.4, -0.2) is 37.0 Å². The number of aldehydes is 1. The van der Waals surface area contributed by atoms with Gasteiger partial charge in [-0.15, -0.1) is 0 Å². The quantitative estimate of drug-likeness (QED) is 0.470. The van der Waals surface area contributed by atoms with E-state index in [-0.39, 0.29) is 11.8 Å². The van der Waals surface area contributed by atoms with Crippen molar-refractivity contribution in [3.05, 3.63) is 33.9 Å². The number of nitrogens with zero attached hydrogens (tertiary/aromatic N) is 2. The van der Waals surface area contributed by atoms with Crippen LogP contribution in [0.25, 0.3) is 0 Å². The standard InChI is InChI=1S/C14H18N2O4/c1-2-20-12-4-3-7-15(9-12)13-6-5-11(10-17)8-14(13)16(18)19/h5-6,8,10,12H,2-4,7,9H2,1H3. The largest absolute Gasteiger partial charge is 0.377 e. The maximum absolute atomic E-state index is 11.2. The first-order valence-corrected chi connectivity index (χ1v) is 6.76. The van der Waals surface area contributed by atoms with E-state index in [4.69, 9.17) is 4.74 Å². The maximum atomic E-state index is 11.2. The lowest BCUT2D eigenvalue weighted by Gasteiger charge is -2.33. The van der Waals surface area contributed by atoms with Crippen molar-refractivity contribution in [3.8, 4) is 0 Å². The number of anilines is 1. The molecule has 0 aromatic heterocycles. The summed E-state index contributed by atoms with van der Waals surface area (Å²) in [5.41, 5.74) is 0.857. The molecule has 1 heterocycles. The third-order valence-corrected chi connectivity index (χ3v) is 3.45. The van der Waals surface area contributed by atoms with Crippen molar-refractivity contribution in [2.75, 3.05) is 24.6 Å². The zero-order valence-corrected chi connectivity index (χ0v) is 11.4. The van der Waals surface area contributed by atoms with Gasteiger partial charge in [0, 0.05) is 31.3 Å². The van der Waals surface area contributed by atoms with Gasteiger partial charge < -0.3 is 9.64 Å². The Balaban J connectivity index is 2.26. The van der Waals surface area contributed by atoms with Crippen LogP contribution in [0.5, 0.6) is 0 Å². The molecular weight excluding hydrogens is 260 g/mol. The summed E-state index contributed by atoms with van der Waals surface area (Å²) in [4.78, 5) is 23.5. The van der Waals surface area contributed by atoms with E-state index in [1.807, 2.05) is 11.8 Å². The summed E-state index contributed by atoms with van der Waals surface area (Å²) >= 11 is 0. The number of ether oxygens (including phenoxy) is 1. The minimum absolute atomic E-state index is 0.0215. The van der Waals surface area contributed by atoms with Crippen LogP contribution in [0, 0.1) is 10.1 Å². The molecule has 0 bridgehead atoms. The Morgan fingerprint density at radius 1 is 1.55 bits per heavy atom. The first-order chi connectivity index (χ1) is 9.65. The molecule has 1 saturated heterocycles. The second-order valence-electron chi connectivity index (χ2n) is 4.79. The summed E-state index contributed by atoms with van der Waals surface area (Å²) in [6, 6.07) is 4.59. The molecule has 108 valence electrons. The molecule has 1 aliphatic rings. The zero-order chi connectivity index (χ0) is 14.5. The van der Waals surface area contributed by atoms with Crippen molar-refractivity contribution in [1.29, 1.82) is 0 Å². The Hall–Kier alpha value is -1.95. The van der Waals surface area contributed by atoms with Crippen LogP contribution in [-0.2, 0) is 4.74 Å². The monoisotopic (exact) mass is 278 g/mol. The summed E-state index contributed by atoms with van der Waals surface area (Å²) in [5, 5.41) is 11.2. The first-order valence-electron chi connectivity index (χ1n) is 6.76. The minimum Gasteiger partial charge on any atom is -0.377 e. The smallest absolute Gasteiger partial charge is 0.293 e. The number of benzene rings is 1. The van der Waals surface area contributed by atoms with Crippen molar-refractivity contribution >= 4 is 17.7 Å². The van der Waals surface area contributed by atoms with Gasteiger partial charge in [0.2, 0.25) is 0 Å². The van der Waals surface area contributed by atoms with Crippen molar-refractivity contribution in [3.63, 3.8) is 0 Å². The Labute approximate surface area is 117 Å². The Morgan fingerprint density at radius 2 is 2.35 bits per heavy atom. The van der Waals surface area contributed by atoms with Crippen LogP contribution in [0.1, 0.15) is 30.1 Å².